The average Bonchev–Trinajstić information content (AvgIpc) is 2.41. The number of nitrogens with one attached hydrogen (secondary N) is 1. The fraction of sp³-hybridized carbons (Fsp3) is 0.188. The van der Waals surface area contributed by atoms with E-state index < -0.39 is 0 Å². The molecule has 0 aliphatic rings. The molecular weight excluding hydrogens is 352 g/mol. The van der Waals surface area contributed by atoms with Crippen molar-refractivity contribution in [2.75, 3.05) is 5.73 Å². The van der Waals surface area contributed by atoms with Crippen molar-refractivity contribution < 1.29 is 4.79 Å². The molecule has 0 bridgehead atoms. The van der Waals surface area contributed by atoms with Crippen molar-refractivity contribution >= 4 is 39.1 Å². The first-order valence-corrected chi connectivity index (χ1v) is 7.73. The van der Waals surface area contributed by atoms with Gasteiger partial charge in [-0.05, 0) is 49.2 Å². The predicted octanol–water partition coefficient (Wildman–Crippen LogP) is 4.05. The maximum Gasteiger partial charge on any atom is 0.253 e. The van der Waals surface area contributed by atoms with Gasteiger partial charge in [-0.25, -0.2) is 0 Å². The van der Waals surface area contributed by atoms with Crippen LogP contribution in [0.5, 0.6) is 0 Å². The first-order chi connectivity index (χ1) is 9.95. The summed E-state index contributed by atoms with van der Waals surface area (Å²) in [5.41, 5.74) is 7.81. The van der Waals surface area contributed by atoms with Gasteiger partial charge in [0.15, 0.2) is 0 Å². The highest BCUT2D eigenvalue weighted by molar-refractivity contribution is 9.10. The fourth-order valence-electron chi connectivity index (χ4n) is 2.07. The van der Waals surface area contributed by atoms with E-state index in [9.17, 15) is 4.79 Å². The number of carbonyl (C=O) groups is 1. The Morgan fingerprint density at radius 2 is 1.95 bits per heavy atom. The third-order valence-electron chi connectivity index (χ3n) is 3.09. The van der Waals surface area contributed by atoms with Crippen molar-refractivity contribution in [3.8, 4) is 0 Å². The predicted molar refractivity (Wildman–Crippen MR) is 90.6 cm³/mol. The Hall–Kier alpha value is -1.52. The summed E-state index contributed by atoms with van der Waals surface area (Å²) in [4.78, 5) is 12.2. The molecule has 0 saturated carbocycles. The zero-order valence-electron chi connectivity index (χ0n) is 11.6. The largest absolute Gasteiger partial charge is 0.398 e. The molecule has 1 amide bonds. The van der Waals surface area contributed by atoms with Crippen LogP contribution in [0.25, 0.3) is 0 Å². The van der Waals surface area contributed by atoms with Gasteiger partial charge >= 0.3 is 0 Å². The number of carbonyl (C=O) groups excluding carboxylic acids is 1. The number of hydrogen-bond donors (Lipinski definition) is 2. The van der Waals surface area contributed by atoms with Crippen LogP contribution >= 0.6 is 27.5 Å². The van der Waals surface area contributed by atoms with E-state index in [0.29, 0.717) is 16.3 Å². The monoisotopic (exact) mass is 366 g/mol. The van der Waals surface area contributed by atoms with E-state index in [4.69, 9.17) is 17.3 Å². The first-order valence-electron chi connectivity index (χ1n) is 6.56. The van der Waals surface area contributed by atoms with E-state index >= 15 is 0 Å². The van der Waals surface area contributed by atoms with Crippen molar-refractivity contribution in [3.05, 3.63) is 63.1 Å². The number of anilines is 1. The van der Waals surface area contributed by atoms with Gasteiger partial charge in [0.1, 0.15) is 0 Å². The van der Waals surface area contributed by atoms with Gasteiger partial charge in [-0.15, -0.1) is 0 Å². The Morgan fingerprint density at radius 1 is 1.29 bits per heavy atom. The van der Waals surface area contributed by atoms with Crippen LogP contribution in [0, 0.1) is 0 Å². The SMILES string of the molecule is CC(Cc1ccc(Br)cc1)NC(=O)c1ccc(Cl)cc1N. The van der Waals surface area contributed by atoms with E-state index in [0.717, 1.165) is 16.5 Å². The normalized spacial score (nSPS) is 12.0. The Kier molecular flexibility index (Phi) is 5.26. The molecule has 2 aromatic rings. The molecule has 21 heavy (non-hydrogen) atoms. The van der Waals surface area contributed by atoms with Gasteiger partial charge in [0.05, 0.1) is 5.56 Å². The molecule has 1 atom stereocenters. The maximum atomic E-state index is 12.2. The minimum absolute atomic E-state index is 0.00811. The molecule has 1 unspecified atom stereocenters. The molecule has 2 aromatic carbocycles. The van der Waals surface area contributed by atoms with E-state index in [1.54, 1.807) is 18.2 Å². The van der Waals surface area contributed by atoms with Gasteiger partial charge in [0.25, 0.3) is 5.91 Å². The van der Waals surface area contributed by atoms with E-state index in [-0.39, 0.29) is 11.9 Å². The smallest absolute Gasteiger partial charge is 0.253 e. The highest BCUT2D eigenvalue weighted by Gasteiger charge is 2.13. The summed E-state index contributed by atoms with van der Waals surface area (Å²) < 4.78 is 1.04. The lowest BCUT2D eigenvalue weighted by Crippen LogP contribution is -2.34. The molecule has 0 heterocycles. The van der Waals surface area contributed by atoms with Crippen LogP contribution in [0.3, 0.4) is 0 Å². The minimum atomic E-state index is -0.186. The zero-order chi connectivity index (χ0) is 15.4. The molecule has 0 saturated heterocycles. The zero-order valence-corrected chi connectivity index (χ0v) is 13.9. The van der Waals surface area contributed by atoms with Gasteiger partial charge in [0, 0.05) is 21.2 Å². The molecule has 3 nitrogen and oxygen atoms in total. The van der Waals surface area contributed by atoms with Crippen LogP contribution in [-0.4, -0.2) is 11.9 Å². The molecule has 0 aliphatic heterocycles. The Bertz CT molecular complexity index is 643. The molecule has 110 valence electrons. The molecule has 5 heteroatoms. The lowest BCUT2D eigenvalue weighted by Gasteiger charge is -2.15. The molecule has 0 fully saturated rings. The molecular formula is C16H16BrClN2O. The van der Waals surface area contributed by atoms with E-state index in [1.807, 2.05) is 31.2 Å². The average molecular weight is 368 g/mol. The Labute approximate surface area is 137 Å². The van der Waals surface area contributed by atoms with E-state index in [1.165, 1.54) is 0 Å². The molecule has 3 N–H and O–H groups in total. The topological polar surface area (TPSA) is 55.1 Å². The van der Waals surface area contributed by atoms with E-state index in [2.05, 4.69) is 21.2 Å². The van der Waals surface area contributed by atoms with Crippen molar-refractivity contribution in [1.29, 1.82) is 0 Å². The standard InChI is InChI=1S/C16H16BrClN2O/c1-10(8-11-2-4-12(17)5-3-11)20-16(21)14-7-6-13(18)9-15(14)19/h2-7,9-10H,8,19H2,1H3,(H,20,21). The second-order valence-electron chi connectivity index (χ2n) is 4.94. The second kappa shape index (κ2) is 6.96. The van der Waals surface area contributed by atoms with Crippen LogP contribution in [-0.2, 0) is 6.42 Å². The van der Waals surface area contributed by atoms with Gasteiger partial charge in [-0.2, -0.15) is 0 Å². The van der Waals surface area contributed by atoms with Crippen molar-refractivity contribution in [2.24, 2.45) is 0 Å². The highest BCUT2D eigenvalue weighted by atomic mass is 79.9. The van der Waals surface area contributed by atoms with Crippen LogP contribution in [0.4, 0.5) is 5.69 Å². The third kappa shape index (κ3) is 4.48. The number of hydrogen-bond acceptors (Lipinski definition) is 2. The number of rotatable bonds is 4. The Balaban J connectivity index is 2.00. The maximum absolute atomic E-state index is 12.2. The molecule has 0 radical (unpaired) electrons. The molecule has 2 rings (SSSR count). The summed E-state index contributed by atoms with van der Waals surface area (Å²) in [5, 5.41) is 3.47. The van der Waals surface area contributed by atoms with Crippen LogP contribution in [0.15, 0.2) is 46.9 Å². The Morgan fingerprint density at radius 3 is 2.57 bits per heavy atom. The summed E-state index contributed by atoms with van der Waals surface area (Å²) in [6.45, 7) is 1.96. The van der Waals surface area contributed by atoms with Crippen molar-refractivity contribution in [1.82, 2.24) is 5.32 Å². The van der Waals surface area contributed by atoms with Crippen LogP contribution in [0.1, 0.15) is 22.8 Å². The molecule has 0 aliphatic carbocycles. The summed E-state index contributed by atoms with van der Waals surface area (Å²) in [6, 6.07) is 12.9. The second-order valence-corrected chi connectivity index (χ2v) is 6.29. The lowest BCUT2D eigenvalue weighted by molar-refractivity contribution is 0.0941. The third-order valence-corrected chi connectivity index (χ3v) is 3.85. The number of benzene rings is 2. The molecule has 0 aromatic heterocycles. The van der Waals surface area contributed by atoms with Crippen LogP contribution < -0.4 is 11.1 Å². The number of amides is 1. The van der Waals surface area contributed by atoms with Gasteiger partial charge in [0.2, 0.25) is 0 Å². The van der Waals surface area contributed by atoms with Crippen molar-refractivity contribution in [3.63, 3.8) is 0 Å². The van der Waals surface area contributed by atoms with Crippen LogP contribution in [0.2, 0.25) is 5.02 Å². The van der Waals surface area contributed by atoms with Gasteiger partial charge in [-0.3, -0.25) is 4.79 Å². The van der Waals surface area contributed by atoms with Crippen molar-refractivity contribution in [2.45, 2.75) is 19.4 Å². The lowest BCUT2D eigenvalue weighted by atomic mass is 10.1. The summed E-state index contributed by atoms with van der Waals surface area (Å²) >= 11 is 9.23. The first kappa shape index (κ1) is 15.9. The number of nitrogens with two attached hydrogens (primary N) is 1. The summed E-state index contributed by atoms with van der Waals surface area (Å²) in [5.74, 6) is -0.186. The minimum Gasteiger partial charge on any atom is -0.398 e. The highest BCUT2D eigenvalue weighted by Crippen LogP contribution is 2.18. The number of halogens is 2. The molecule has 0 spiro atoms. The van der Waals surface area contributed by atoms with Gasteiger partial charge < -0.3 is 11.1 Å². The fourth-order valence-corrected chi connectivity index (χ4v) is 2.51. The van der Waals surface area contributed by atoms with Gasteiger partial charge in [-0.1, -0.05) is 39.7 Å². The summed E-state index contributed by atoms with van der Waals surface area (Å²) in [7, 11) is 0. The number of nitrogen functional groups attached to an aromatic ring is 1. The quantitative estimate of drug-likeness (QED) is 0.801. The summed E-state index contributed by atoms with van der Waals surface area (Å²) in [6.07, 6.45) is 0.756.